The Balaban J connectivity index is 2.67. The number of carbonyl (C=O) groups is 1. The Morgan fingerprint density at radius 2 is 2.20 bits per heavy atom. The van der Waals surface area contributed by atoms with Crippen molar-refractivity contribution in [3.05, 3.63) is 59.2 Å². The van der Waals surface area contributed by atoms with Crippen molar-refractivity contribution in [2.75, 3.05) is 6.61 Å². The highest BCUT2D eigenvalue weighted by Gasteiger charge is 2.20. The lowest BCUT2D eigenvalue weighted by Gasteiger charge is -2.07. The molecule has 1 heterocycles. The van der Waals surface area contributed by atoms with Gasteiger partial charge >= 0.3 is 5.97 Å². The van der Waals surface area contributed by atoms with E-state index in [-0.39, 0.29) is 17.9 Å². The van der Waals surface area contributed by atoms with Crippen molar-refractivity contribution in [3.8, 4) is 5.75 Å². The van der Waals surface area contributed by atoms with Gasteiger partial charge in [-0.15, -0.1) is 16.5 Å². The van der Waals surface area contributed by atoms with Crippen LogP contribution in [0.2, 0.25) is 0 Å². The highest BCUT2D eigenvalue weighted by atomic mass is 32.1. The summed E-state index contributed by atoms with van der Waals surface area (Å²) in [5, 5.41) is 19.4. The van der Waals surface area contributed by atoms with Gasteiger partial charge in [-0.2, -0.15) is 5.11 Å². The van der Waals surface area contributed by atoms with Crippen molar-refractivity contribution in [2.24, 2.45) is 10.2 Å². The normalized spacial score (nSPS) is 12.4. The number of esters is 1. The minimum atomic E-state index is -0.542. The second-order valence-corrected chi connectivity index (χ2v) is 6.40. The Labute approximate surface area is 150 Å². The van der Waals surface area contributed by atoms with Crippen molar-refractivity contribution >= 4 is 33.1 Å². The number of benzene rings is 1. The molecule has 25 heavy (non-hydrogen) atoms. The number of carbonyl (C=O) groups excluding carboxylic acids is 1. The molecule has 0 amide bonds. The van der Waals surface area contributed by atoms with Gasteiger partial charge in [0.15, 0.2) is 0 Å². The Morgan fingerprint density at radius 3 is 2.84 bits per heavy atom. The molecule has 0 spiro atoms. The van der Waals surface area contributed by atoms with E-state index in [4.69, 9.17) is 4.74 Å². The monoisotopic (exact) mass is 356 g/mol. The molecule has 0 aliphatic carbocycles. The summed E-state index contributed by atoms with van der Waals surface area (Å²) in [5.41, 5.74) is 1.18. The number of rotatable bonds is 6. The average Bonchev–Trinajstić information content (AvgIpc) is 2.96. The summed E-state index contributed by atoms with van der Waals surface area (Å²) >= 11 is 1.44. The number of fused-ring (bicyclic) bond motifs is 1. The second kappa shape index (κ2) is 8.39. The van der Waals surface area contributed by atoms with Gasteiger partial charge in [-0.3, -0.25) is 0 Å². The fourth-order valence-corrected chi connectivity index (χ4v) is 3.29. The van der Waals surface area contributed by atoms with Crippen molar-refractivity contribution in [1.82, 2.24) is 0 Å². The number of ether oxygens (including phenoxy) is 1. The van der Waals surface area contributed by atoms with Crippen LogP contribution in [0.4, 0.5) is 5.69 Å². The number of hydrogen-bond donors (Lipinski definition) is 1. The SMILES string of the molecule is C=C/C=C(\C=C/C)/N=N/c1c(C(=O)OCC)cc(O)c2cc(C)sc12. The van der Waals surface area contributed by atoms with Gasteiger partial charge in [-0.1, -0.05) is 18.7 Å². The topological polar surface area (TPSA) is 71.2 Å². The third-order valence-electron chi connectivity index (χ3n) is 3.27. The van der Waals surface area contributed by atoms with E-state index in [9.17, 15) is 9.90 Å². The predicted octanol–water partition coefficient (Wildman–Crippen LogP) is 5.82. The van der Waals surface area contributed by atoms with Crippen molar-refractivity contribution in [2.45, 2.75) is 20.8 Å². The molecule has 0 atom stereocenters. The maximum absolute atomic E-state index is 12.3. The number of phenolic OH excluding ortho intramolecular Hbond substituents is 1. The van der Waals surface area contributed by atoms with E-state index in [0.29, 0.717) is 21.5 Å². The Kier molecular flexibility index (Phi) is 6.25. The number of hydrogen-bond acceptors (Lipinski definition) is 6. The van der Waals surface area contributed by atoms with Crippen LogP contribution in [0.1, 0.15) is 29.1 Å². The second-order valence-electron chi connectivity index (χ2n) is 5.14. The summed E-state index contributed by atoms with van der Waals surface area (Å²) in [4.78, 5) is 13.3. The summed E-state index contributed by atoms with van der Waals surface area (Å²) in [5.74, 6) is -0.517. The van der Waals surface area contributed by atoms with Crippen LogP contribution >= 0.6 is 11.3 Å². The molecule has 0 saturated heterocycles. The fourth-order valence-electron chi connectivity index (χ4n) is 2.27. The quantitative estimate of drug-likeness (QED) is 0.402. The standard InChI is InChI=1S/C19H20N2O3S/c1-5-8-13(9-6-2)20-21-17-15(19(23)24-7-3)11-16(22)14-10-12(4)25-18(14)17/h5-6,8-11,22H,1,7H2,2-4H3/b9-6-,13-8+,21-20+. The molecule has 1 aromatic carbocycles. The molecule has 1 N–H and O–H groups in total. The Morgan fingerprint density at radius 1 is 1.44 bits per heavy atom. The lowest BCUT2D eigenvalue weighted by Crippen LogP contribution is -2.04. The average molecular weight is 356 g/mol. The lowest BCUT2D eigenvalue weighted by molar-refractivity contribution is 0.0527. The van der Waals surface area contributed by atoms with E-state index in [1.54, 1.807) is 25.2 Å². The van der Waals surface area contributed by atoms with Gasteiger partial charge in [-0.25, -0.2) is 4.79 Å². The molecule has 5 nitrogen and oxygen atoms in total. The Bertz CT molecular complexity index is 892. The molecule has 0 aliphatic rings. The minimum absolute atomic E-state index is 0.0247. The molecule has 0 saturated carbocycles. The molecular weight excluding hydrogens is 336 g/mol. The van der Waals surface area contributed by atoms with E-state index < -0.39 is 5.97 Å². The molecular formula is C19H20N2O3S. The molecule has 130 valence electrons. The third kappa shape index (κ3) is 4.22. The Hall–Kier alpha value is -2.73. The molecule has 6 heteroatoms. The largest absolute Gasteiger partial charge is 0.507 e. The molecule has 0 aliphatic heterocycles. The number of nitrogens with zero attached hydrogens (tertiary/aromatic N) is 2. The van der Waals surface area contributed by atoms with E-state index >= 15 is 0 Å². The van der Waals surface area contributed by atoms with Gasteiger partial charge in [0.25, 0.3) is 0 Å². The maximum atomic E-state index is 12.3. The van der Waals surface area contributed by atoms with Crippen LogP contribution in [-0.4, -0.2) is 17.7 Å². The van der Waals surface area contributed by atoms with Crippen LogP contribution in [0, 0.1) is 6.92 Å². The summed E-state index contributed by atoms with van der Waals surface area (Å²) < 4.78 is 5.79. The first-order chi connectivity index (χ1) is 12.0. The van der Waals surface area contributed by atoms with Crippen LogP contribution < -0.4 is 0 Å². The molecule has 0 unspecified atom stereocenters. The van der Waals surface area contributed by atoms with Crippen LogP contribution in [0.3, 0.4) is 0 Å². The minimum Gasteiger partial charge on any atom is -0.507 e. The molecule has 0 radical (unpaired) electrons. The molecule has 2 aromatic rings. The predicted molar refractivity (Wildman–Crippen MR) is 102 cm³/mol. The van der Waals surface area contributed by atoms with Gasteiger partial charge < -0.3 is 9.84 Å². The van der Waals surface area contributed by atoms with Crippen LogP contribution in [0.25, 0.3) is 10.1 Å². The molecule has 1 aromatic heterocycles. The first kappa shape index (κ1) is 18.6. The van der Waals surface area contributed by atoms with Crippen molar-refractivity contribution in [3.63, 3.8) is 0 Å². The summed E-state index contributed by atoms with van der Waals surface area (Å²) in [7, 11) is 0. The van der Waals surface area contributed by atoms with Crippen molar-refractivity contribution in [1.29, 1.82) is 0 Å². The number of azo groups is 1. The van der Waals surface area contributed by atoms with E-state index in [2.05, 4.69) is 16.8 Å². The van der Waals surface area contributed by atoms with Crippen LogP contribution in [0.5, 0.6) is 5.75 Å². The van der Waals surface area contributed by atoms with E-state index in [0.717, 1.165) is 4.88 Å². The maximum Gasteiger partial charge on any atom is 0.340 e. The summed E-state index contributed by atoms with van der Waals surface area (Å²) in [6.07, 6.45) is 6.95. The number of aryl methyl sites for hydroxylation is 1. The fraction of sp³-hybridized carbons (Fsp3) is 0.211. The summed E-state index contributed by atoms with van der Waals surface area (Å²) in [6.45, 7) is 9.42. The van der Waals surface area contributed by atoms with Gasteiger partial charge in [0.2, 0.25) is 0 Å². The van der Waals surface area contributed by atoms with Gasteiger partial charge in [0.05, 0.1) is 22.6 Å². The number of thiophene rings is 1. The van der Waals surface area contributed by atoms with Gasteiger partial charge in [0, 0.05) is 10.3 Å². The molecule has 0 bridgehead atoms. The van der Waals surface area contributed by atoms with E-state index in [1.165, 1.54) is 17.4 Å². The number of aromatic hydroxyl groups is 1. The first-order valence-corrected chi connectivity index (χ1v) is 8.63. The molecule has 2 rings (SSSR count). The zero-order valence-corrected chi connectivity index (χ0v) is 15.3. The van der Waals surface area contributed by atoms with Crippen molar-refractivity contribution < 1.29 is 14.6 Å². The van der Waals surface area contributed by atoms with Crippen LogP contribution in [-0.2, 0) is 4.74 Å². The van der Waals surface area contributed by atoms with Gasteiger partial charge in [-0.05, 0) is 45.1 Å². The zero-order chi connectivity index (χ0) is 18.4. The lowest BCUT2D eigenvalue weighted by atomic mass is 10.1. The third-order valence-corrected chi connectivity index (χ3v) is 4.33. The highest BCUT2D eigenvalue weighted by Crippen LogP contribution is 2.42. The van der Waals surface area contributed by atoms with Gasteiger partial charge in [0.1, 0.15) is 11.4 Å². The summed E-state index contributed by atoms with van der Waals surface area (Å²) in [6, 6.07) is 3.24. The number of phenols is 1. The number of allylic oxidation sites excluding steroid dienone is 4. The smallest absolute Gasteiger partial charge is 0.340 e. The first-order valence-electron chi connectivity index (χ1n) is 7.82. The highest BCUT2D eigenvalue weighted by molar-refractivity contribution is 7.19. The zero-order valence-electron chi connectivity index (χ0n) is 14.4. The van der Waals surface area contributed by atoms with E-state index in [1.807, 2.05) is 26.0 Å². The molecule has 0 fully saturated rings. The van der Waals surface area contributed by atoms with Crippen LogP contribution in [0.15, 0.2) is 58.9 Å².